The van der Waals surface area contributed by atoms with Crippen LogP contribution in [0.15, 0.2) is 42.5 Å². The number of hydrogen-bond donors (Lipinski definition) is 1. The molecule has 0 aliphatic heterocycles. The van der Waals surface area contributed by atoms with Gasteiger partial charge in [-0.25, -0.2) is 0 Å². The highest BCUT2D eigenvalue weighted by Gasteiger charge is 2.20. The zero-order chi connectivity index (χ0) is 20.2. The zero-order valence-electron chi connectivity index (χ0n) is 16.6. The molecule has 1 N–H and O–H groups in total. The Kier molecular flexibility index (Phi) is 6.66. The van der Waals surface area contributed by atoms with Gasteiger partial charge in [0.1, 0.15) is 0 Å². The lowest BCUT2D eigenvalue weighted by molar-refractivity contribution is -0.117. The molecule has 0 fully saturated rings. The number of anilines is 2. The average molecular weight is 387 g/mol. The number of amides is 2. The number of rotatable bonds is 5. The maximum atomic E-state index is 12.5. The van der Waals surface area contributed by atoms with Crippen molar-refractivity contribution in [3.05, 3.63) is 58.6 Å². The molecule has 4 nitrogen and oxygen atoms in total. The van der Waals surface area contributed by atoms with Crippen molar-refractivity contribution in [3.8, 4) is 0 Å². The van der Waals surface area contributed by atoms with Gasteiger partial charge >= 0.3 is 0 Å². The second-order valence-corrected chi connectivity index (χ2v) is 8.13. The normalized spacial score (nSPS) is 11.2. The van der Waals surface area contributed by atoms with E-state index in [9.17, 15) is 9.59 Å². The van der Waals surface area contributed by atoms with Gasteiger partial charge in [0.05, 0.1) is 0 Å². The van der Waals surface area contributed by atoms with Gasteiger partial charge in [-0.1, -0.05) is 50.6 Å². The Bertz CT molecular complexity index is 840. The first-order valence-electron chi connectivity index (χ1n) is 9.03. The highest BCUT2D eigenvalue weighted by Crippen LogP contribution is 2.29. The lowest BCUT2D eigenvalue weighted by atomic mass is 9.86. The number of halogens is 1. The van der Waals surface area contributed by atoms with Crippen molar-refractivity contribution in [1.29, 1.82) is 0 Å². The van der Waals surface area contributed by atoms with Crippen LogP contribution in [-0.4, -0.2) is 18.4 Å². The highest BCUT2D eigenvalue weighted by atomic mass is 35.5. The van der Waals surface area contributed by atoms with Crippen LogP contribution in [0.3, 0.4) is 0 Å². The summed E-state index contributed by atoms with van der Waals surface area (Å²) in [5, 5.41) is 3.61. The predicted octanol–water partition coefficient (Wildman–Crippen LogP) is 5.33. The minimum atomic E-state index is -0.121. The Morgan fingerprint density at radius 3 is 2.37 bits per heavy atom. The second-order valence-electron chi connectivity index (χ2n) is 7.70. The Morgan fingerprint density at radius 2 is 1.78 bits per heavy atom. The summed E-state index contributed by atoms with van der Waals surface area (Å²) in [6, 6.07) is 13.2. The fraction of sp³-hybridized carbons (Fsp3) is 0.364. The number of carbonyl (C=O) groups excluding carboxylic acids is 2. The van der Waals surface area contributed by atoms with Gasteiger partial charge in [-0.3, -0.25) is 9.59 Å². The van der Waals surface area contributed by atoms with Crippen LogP contribution in [0, 0.1) is 6.92 Å². The van der Waals surface area contributed by atoms with Crippen LogP contribution in [0.4, 0.5) is 11.4 Å². The van der Waals surface area contributed by atoms with Crippen molar-refractivity contribution in [2.24, 2.45) is 0 Å². The Morgan fingerprint density at radius 1 is 1.11 bits per heavy atom. The third kappa shape index (κ3) is 5.57. The summed E-state index contributed by atoms with van der Waals surface area (Å²) >= 11 is 6.00. The van der Waals surface area contributed by atoms with Gasteiger partial charge in [-0.2, -0.15) is 0 Å². The molecule has 2 aromatic rings. The summed E-state index contributed by atoms with van der Waals surface area (Å²) in [5.41, 5.74) is 3.49. The van der Waals surface area contributed by atoms with Crippen LogP contribution < -0.4 is 10.2 Å². The van der Waals surface area contributed by atoms with E-state index in [2.05, 4.69) is 26.1 Å². The Balaban J connectivity index is 2.11. The van der Waals surface area contributed by atoms with Gasteiger partial charge in [0.15, 0.2) is 0 Å². The molecule has 0 saturated carbocycles. The van der Waals surface area contributed by atoms with Crippen LogP contribution in [-0.2, 0) is 15.0 Å². The monoisotopic (exact) mass is 386 g/mol. The number of carbonyl (C=O) groups is 2. The molecule has 144 valence electrons. The first-order valence-corrected chi connectivity index (χ1v) is 9.41. The molecule has 0 aromatic heterocycles. The van der Waals surface area contributed by atoms with Gasteiger partial charge in [0, 0.05) is 36.3 Å². The number of hydrogen-bond acceptors (Lipinski definition) is 2. The van der Waals surface area contributed by atoms with E-state index in [0.29, 0.717) is 11.6 Å². The quantitative estimate of drug-likeness (QED) is 0.755. The van der Waals surface area contributed by atoms with Crippen molar-refractivity contribution in [2.75, 3.05) is 16.8 Å². The van der Waals surface area contributed by atoms with Crippen LogP contribution in [0.5, 0.6) is 0 Å². The first kappa shape index (κ1) is 21.0. The molecular formula is C22H27ClN2O2. The predicted molar refractivity (Wildman–Crippen MR) is 113 cm³/mol. The molecule has 0 spiro atoms. The van der Waals surface area contributed by atoms with E-state index in [1.54, 1.807) is 11.0 Å². The molecule has 0 saturated heterocycles. The largest absolute Gasteiger partial charge is 0.326 e. The van der Waals surface area contributed by atoms with E-state index in [4.69, 9.17) is 11.6 Å². The fourth-order valence-electron chi connectivity index (χ4n) is 3.04. The Labute approximate surface area is 166 Å². The lowest BCUT2D eigenvalue weighted by Gasteiger charge is -2.24. The van der Waals surface area contributed by atoms with E-state index in [-0.39, 0.29) is 23.7 Å². The maximum Gasteiger partial charge on any atom is 0.226 e. The van der Waals surface area contributed by atoms with Gasteiger partial charge < -0.3 is 10.2 Å². The summed E-state index contributed by atoms with van der Waals surface area (Å²) in [5.74, 6) is -0.229. The fourth-order valence-corrected chi connectivity index (χ4v) is 3.27. The summed E-state index contributed by atoms with van der Waals surface area (Å²) in [4.78, 5) is 26.2. The van der Waals surface area contributed by atoms with E-state index in [1.165, 1.54) is 6.92 Å². The molecule has 0 aliphatic rings. The molecule has 27 heavy (non-hydrogen) atoms. The van der Waals surface area contributed by atoms with E-state index >= 15 is 0 Å². The molecule has 2 amide bonds. The summed E-state index contributed by atoms with van der Waals surface area (Å²) in [7, 11) is 0. The number of nitrogens with zero attached hydrogens (tertiary/aromatic N) is 1. The maximum absolute atomic E-state index is 12.5. The van der Waals surface area contributed by atoms with E-state index in [0.717, 1.165) is 22.5 Å². The summed E-state index contributed by atoms with van der Waals surface area (Å²) in [6.07, 6.45) is 0.208. The van der Waals surface area contributed by atoms with Crippen molar-refractivity contribution in [1.82, 2.24) is 0 Å². The third-order valence-corrected chi connectivity index (χ3v) is 4.64. The Hall–Kier alpha value is -2.33. The number of aryl methyl sites for hydroxylation is 1. The first-order chi connectivity index (χ1) is 12.6. The van der Waals surface area contributed by atoms with E-state index < -0.39 is 0 Å². The molecule has 0 aliphatic carbocycles. The molecule has 5 heteroatoms. The zero-order valence-corrected chi connectivity index (χ0v) is 17.4. The average Bonchev–Trinajstić information content (AvgIpc) is 2.56. The smallest absolute Gasteiger partial charge is 0.226 e. The van der Waals surface area contributed by atoms with Gasteiger partial charge in [0.25, 0.3) is 0 Å². The number of para-hydroxylation sites is 1. The molecule has 0 bridgehead atoms. The van der Waals surface area contributed by atoms with Crippen LogP contribution >= 0.6 is 11.6 Å². The van der Waals surface area contributed by atoms with Crippen LogP contribution in [0.1, 0.15) is 45.2 Å². The molecule has 0 unspecified atom stereocenters. The topological polar surface area (TPSA) is 49.4 Å². The lowest BCUT2D eigenvalue weighted by Crippen LogP contribution is -2.32. The molecule has 0 radical (unpaired) electrons. The van der Waals surface area contributed by atoms with Crippen LogP contribution in [0.25, 0.3) is 0 Å². The van der Waals surface area contributed by atoms with Crippen molar-refractivity contribution >= 4 is 34.8 Å². The third-order valence-electron chi connectivity index (χ3n) is 4.40. The van der Waals surface area contributed by atoms with Gasteiger partial charge in [-0.15, -0.1) is 0 Å². The standard InChI is InChI=1S/C22H27ClN2O2/c1-15-14-17(23)10-11-20(15)25(16(2)26)13-12-21(27)24-19-9-7-6-8-18(19)22(3,4)5/h6-11,14H,12-13H2,1-5H3,(H,24,27). The van der Waals surface area contributed by atoms with Crippen molar-refractivity contribution < 1.29 is 9.59 Å². The highest BCUT2D eigenvalue weighted by molar-refractivity contribution is 6.30. The molecule has 0 heterocycles. The molecule has 2 aromatic carbocycles. The van der Waals surface area contributed by atoms with Gasteiger partial charge in [0.2, 0.25) is 11.8 Å². The summed E-state index contributed by atoms with van der Waals surface area (Å²) < 4.78 is 0. The second kappa shape index (κ2) is 8.57. The van der Waals surface area contributed by atoms with Crippen molar-refractivity contribution in [2.45, 2.75) is 46.5 Å². The minimum absolute atomic E-state index is 0.0737. The van der Waals surface area contributed by atoms with E-state index in [1.807, 2.05) is 43.3 Å². The SMILES string of the molecule is CC(=O)N(CCC(=O)Nc1ccccc1C(C)(C)C)c1ccc(Cl)cc1C. The molecule has 2 rings (SSSR count). The van der Waals surface area contributed by atoms with Gasteiger partial charge in [-0.05, 0) is 47.7 Å². The minimum Gasteiger partial charge on any atom is -0.326 e. The van der Waals surface area contributed by atoms with Crippen molar-refractivity contribution in [3.63, 3.8) is 0 Å². The van der Waals surface area contributed by atoms with Crippen LogP contribution in [0.2, 0.25) is 5.02 Å². The number of nitrogens with one attached hydrogen (secondary N) is 1. The summed E-state index contributed by atoms with van der Waals surface area (Å²) in [6.45, 7) is 10.0. The molecular weight excluding hydrogens is 360 g/mol. The molecule has 0 atom stereocenters. The number of benzene rings is 2.